The van der Waals surface area contributed by atoms with Gasteiger partial charge in [0, 0.05) is 11.6 Å². The number of nitro benzene ring substituents is 2. The number of non-ortho nitro benzene ring substituents is 1. The molecular formula is C20H12Cl2N4O6. The second-order valence-electron chi connectivity index (χ2n) is 6.17. The van der Waals surface area contributed by atoms with Crippen molar-refractivity contribution in [3.63, 3.8) is 0 Å². The Labute approximate surface area is 190 Å². The van der Waals surface area contributed by atoms with Gasteiger partial charge < -0.3 is 4.74 Å². The Balaban J connectivity index is 1.66. The summed E-state index contributed by atoms with van der Waals surface area (Å²) in [6.45, 7) is 0. The number of amides is 1. The van der Waals surface area contributed by atoms with Crippen LogP contribution in [0.1, 0.15) is 15.9 Å². The standard InChI is InChI=1S/C20H12Cl2N4O6/c21-16-7-3-13(9-17(16)22)20(27)24-23-11-12-1-5-15(6-2-12)32-19-8-4-14(25(28)29)10-18(19)26(30)31/h1-11H,(H,24,27)/b23-11+. The van der Waals surface area contributed by atoms with E-state index >= 15 is 0 Å². The molecule has 0 aliphatic heterocycles. The fourth-order valence-corrected chi connectivity index (χ4v) is 2.76. The van der Waals surface area contributed by atoms with E-state index in [1.165, 1.54) is 36.5 Å². The van der Waals surface area contributed by atoms with Crippen LogP contribution < -0.4 is 10.2 Å². The van der Waals surface area contributed by atoms with Gasteiger partial charge in [-0.2, -0.15) is 5.10 Å². The second-order valence-corrected chi connectivity index (χ2v) is 6.98. The number of carbonyl (C=O) groups excluding carboxylic acids is 1. The average Bonchev–Trinajstić information content (AvgIpc) is 2.76. The first-order valence-corrected chi connectivity index (χ1v) is 9.49. The smallest absolute Gasteiger partial charge is 0.318 e. The van der Waals surface area contributed by atoms with Gasteiger partial charge in [-0.05, 0) is 54.1 Å². The number of hydrogen-bond acceptors (Lipinski definition) is 7. The van der Waals surface area contributed by atoms with Gasteiger partial charge >= 0.3 is 5.69 Å². The summed E-state index contributed by atoms with van der Waals surface area (Å²) in [5.41, 5.74) is 2.28. The lowest BCUT2D eigenvalue weighted by molar-refractivity contribution is -0.394. The molecule has 0 saturated heterocycles. The highest BCUT2D eigenvalue weighted by Gasteiger charge is 2.21. The van der Waals surface area contributed by atoms with Crippen molar-refractivity contribution in [2.75, 3.05) is 0 Å². The highest BCUT2D eigenvalue weighted by molar-refractivity contribution is 6.42. The molecule has 0 radical (unpaired) electrons. The van der Waals surface area contributed by atoms with Crippen LogP contribution in [0.3, 0.4) is 0 Å². The summed E-state index contributed by atoms with van der Waals surface area (Å²) in [6, 6.07) is 13.7. The zero-order chi connectivity index (χ0) is 23.3. The van der Waals surface area contributed by atoms with E-state index in [1.807, 2.05) is 0 Å². The fourth-order valence-electron chi connectivity index (χ4n) is 2.46. The first-order valence-electron chi connectivity index (χ1n) is 8.74. The minimum atomic E-state index is -0.764. The van der Waals surface area contributed by atoms with Gasteiger partial charge in [0.2, 0.25) is 5.75 Å². The van der Waals surface area contributed by atoms with Crippen molar-refractivity contribution >= 4 is 46.7 Å². The maximum atomic E-state index is 12.1. The number of nitro groups is 2. The molecule has 10 nitrogen and oxygen atoms in total. The lowest BCUT2D eigenvalue weighted by atomic mass is 10.2. The molecule has 0 unspecified atom stereocenters. The van der Waals surface area contributed by atoms with Crippen LogP contribution in [-0.2, 0) is 0 Å². The number of hydrazone groups is 1. The molecule has 1 N–H and O–H groups in total. The van der Waals surface area contributed by atoms with Gasteiger partial charge in [0.05, 0.1) is 32.2 Å². The molecule has 3 aromatic rings. The van der Waals surface area contributed by atoms with Gasteiger partial charge in [-0.25, -0.2) is 5.43 Å². The van der Waals surface area contributed by atoms with Gasteiger partial charge in [0.1, 0.15) is 5.75 Å². The minimum Gasteiger partial charge on any atom is -0.450 e. The van der Waals surface area contributed by atoms with E-state index in [0.29, 0.717) is 10.6 Å². The molecule has 162 valence electrons. The molecule has 0 aromatic heterocycles. The SMILES string of the molecule is O=C(N/N=C/c1ccc(Oc2ccc([N+](=O)[O-])cc2[N+](=O)[O-])cc1)c1ccc(Cl)c(Cl)c1. The number of ether oxygens (including phenoxy) is 1. The zero-order valence-corrected chi connectivity index (χ0v) is 17.4. The Morgan fingerprint density at radius 2 is 1.66 bits per heavy atom. The van der Waals surface area contributed by atoms with Crippen molar-refractivity contribution in [3.8, 4) is 11.5 Å². The Kier molecular flexibility index (Phi) is 6.98. The fraction of sp³-hybridized carbons (Fsp3) is 0. The quantitative estimate of drug-likeness (QED) is 0.277. The van der Waals surface area contributed by atoms with Crippen molar-refractivity contribution in [1.82, 2.24) is 5.43 Å². The van der Waals surface area contributed by atoms with E-state index in [0.717, 1.165) is 18.2 Å². The van der Waals surface area contributed by atoms with Crippen LogP contribution in [0.15, 0.2) is 65.8 Å². The van der Waals surface area contributed by atoms with Crippen molar-refractivity contribution in [3.05, 3.63) is 102 Å². The predicted octanol–water partition coefficient (Wildman–Crippen LogP) is 5.37. The van der Waals surface area contributed by atoms with Crippen LogP contribution in [0.2, 0.25) is 10.0 Å². The first-order chi connectivity index (χ1) is 15.2. The number of rotatable bonds is 7. The molecule has 0 bridgehead atoms. The molecule has 12 heteroatoms. The lowest BCUT2D eigenvalue weighted by Crippen LogP contribution is -2.17. The molecule has 3 aromatic carbocycles. The number of halogens is 2. The normalized spacial score (nSPS) is 10.7. The Hall–Kier alpha value is -4.02. The van der Waals surface area contributed by atoms with Crippen LogP contribution in [0.25, 0.3) is 0 Å². The molecular weight excluding hydrogens is 463 g/mol. The van der Waals surface area contributed by atoms with Crippen molar-refractivity contribution in [2.45, 2.75) is 0 Å². The number of hydrogen-bond donors (Lipinski definition) is 1. The van der Waals surface area contributed by atoms with Crippen molar-refractivity contribution in [1.29, 1.82) is 0 Å². The van der Waals surface area contributed by atoms with Crippen LogP contribution in [0, 0.1) is 20.2 Å². The van der Waals surface area contributed by atoms with Crippen LogP contribution in [0.4, 0.5) is 11.4 Å². The molecule has 0 fully saturated rings. The van der Waals surface area contributed by atoms with E-state index in [9.17, 15) is 25.0 Å². The summed E-state index contributed by atoms with van der Waals surface area (Å²) < 4.78 is 5.48. The molecule has 0 aliphatic carbocycles. The molecule has 0 spiro atoms. The lowest BCUT2D eigenvalue weighted by Gasteiger charge is -2.06. The van der Waals surface area contributed by atoms with Gasteiger partial charge in [-0.1, -0.05) is 23.2 Å². The molecule has 0 atom stereocenters. The second kappa shape index (κ2) is 9.86. The van der Waals surface area contributed by atoms with E-state index in [1.54, 1.807) is 12.1 Å². The minimum absolute atomic E-state index is 0.143. The Bertz CT molecular complexity index is 1230. The van der Waals surface area contributed by atoms with E-state index in [2.05, 4.69) is 10.5 Å². The average molecular weight is 475 g/mol. The van der Waals surface area contributed by atoms with Crippen molar-refractivity contribution < 1.29 is 19.4 Å². The monoisotopic (exact) mass is 474 g/mol. The van der Waals surface area contributed by atoms with Crippen LogP contribution >= 0.6 is 23.2 Å². The number of benzene rings is 3. The molecule has 0 aliphatic rings. The van der Waals surface area contributed by atoms with Crippen LogP contribution in [0.5, 0.6) is 11.5 Å². The van der Waals surface area contributed by atoms with Gasteiger partial charge in [-0.15, -0.1) is 0 Å². The number of carbonyl (C=O) groups is 1. The van der Waals surface area contributed by atoms with E-state index in [-0.39, 0.29) is 22.1 Å². The molecule has 1 amide bonds. The van der Waals surface area contributed by atoms with E-state index in [4.69, 9.17) is 27.9 Å². The summed E-state index contributed by atoms with van der Waals surface area (Å²) in [6.07, 6.45) is 1.38. The van der Waals surface area contributed by atoms with Gasteiger partial charge in [0.25, 0.3) is 11.6 Å². The molecule has 0 saturated carbocycles. The summed E-state index contributed by atoms with van der Waals surface area (Å²) in [4.78, 5) is 32.6. The third-order valence-corrected chi connectivity index (χ3v) is 4.76. The number of nitrogens with zero attached hydrogens (tertiary/aromatic N) is 3. The maximum absolute atomic E-state index is 12.1. The summed E-state index contributed by atoms with van der Waals surface area (Å²) >= 11 is 11.7. The van der Waals surface area contributed by atoms with Crippen molar-refractivity contribution in [2.24, 2.45) is 5.10 Å². The highest BCUT2D eigenvalue weighted by Crippen LogP contribution is 2.34. The molecule has 32 heavy (non-hydrogen) atoms. The Morgan fingerprint density at radius 1 is 0.938 bits per heavy atom. The maximum Gasteiger partial charge on any atom is 0.318 e. The first kappa shape index (κ1) is 22.7. The molecule has 3 rings (SSSR count). The van der Waals surface area contributed by atoms with Crippen LogP contribution in [-0.4, -0.2) is 22.0 Å². The summed E-state index contributed by atoms with van der Waals surface area (Å²) in [5.74, 6) is -0.361. The third-order valence-electron chi connectivity index (χ3n) is 4.02. The van der Waals surface area contributed by atoms with Gasteiger partial charge in [0.15, 0.2) is 0 Å². The highest BCUT2D eigenvalue weighted by atomic mass is 35.5. The topological polar surface area (TPSA) is 137 Å². The molecule has 0 heterocycles. The zero-order valence-electron chi connectivity index (χ0n) is 15.9. The predicted molar refractivity (Wildman–Crippen MR) is 118 cm³/mol. The largest absolute Gasteiger partial charge is 0.450 e. The van der Waals surface area contributed by atoms with Gasteiger partial charge in [-0.3, -0.25) is 25.0 Å². The summed E-state index contributed by atoms with van der Waals surface area (Å²) in [7, 11) is 0. The Morgan fingerprint density at radius 3 is 2.28 bits per heavy atom. The van der Waals surface area contributed by atoms with E-state index < -0.39 is 27.1 Å². The third kappa shape index (κ3) is 5.56. The summed E-state index contributed by atoms with van der Waals surface area (Å²) in [5, 5.41) is 26.4. The number of nitrogens with one attached hydrogen (secondary N) is 1.